The highest BCUT2D eigenvalue weighted by atomic mass is 79.9. The maximum absolute atomic E-state index is 12.6. The van der Waals surface area contributed by atoms with Crippen LogP contribution in [0, 0.1) is 0 Å². The molecule has 158 valence electrons. The first-order valence-corrected chi connectivity index (χ1v) is 11.2. The Morgan fingerprint density at radius 3 is 2.34 bits per heavy atom. The first-order chi connectivity index (χ1) is 14.1. The number of hydrogen-bond acceptors (Lipinski definition) is 4. The first kappa shape index (κ1) is 21.8. The van der Waals surface area contributed by atoms with Crippen molar-refractivity contribution in [3.05, 3.63) is 34.3 Å². The number of halogens is 1. The van der Waals surface area contributed by atoms with Gasteiger partial charge >= 0.3 is 0 Å². The minimum absolute atomic E-state index is 0.00877. The zero-order chi connectivity index (χ0) is 20.6. The van der Waals surface area contributed by atoms with Gasteiger partial charge in [0.2, 0.25) is 11.8 Å². The number of amides is 2. The van der Waals surface area contributed by atoms with E-state index >= 15 is 0 Å². The molecule has 2 heterocycles. The zero-order valence-electron chi connectivity index (χ0n) is 17.1. The fourth-order valence-electron chi connectivity index (χ4n) is 3.84. The van der Waals surface area contributed by atoms with Crippen LogP contribution in [0.25, 0.3) is 6.08 Å². The molecule has 1 aromatic carbocycles. The topological polar surface area (TPSA) is 53.1 Å². The summed E-state index contributed by atoms with van der Waals surface area (Å²) in [6, 6.07) is 5.70. The molecule has 0 saturated carbocycles. The first-order valence-electron chi connectivity index (χ1n) is 10.4. The van der Waals surface area contributed by atoms with Crippen LogP contribution >= 0.6 is 15.9 Å². The minimum atomic E-state index is -0.00877. The molecule has 0 bridgehead atoms. The molecule has 7 heteroatoms. The van der Waals surface area contributed by atoms with Gasteiger partial charge < -0.3 is 14.5 Å². The molecule has 2 amide bonds. The molecule has 0 aromatic heterocycles. The summed E-state index contributed by atoms with van der Waals surface area (Å²) < 4.78 is 6.29. The number of piperazine rings is 1. The molecule has 0 unspecified atom stereocenters. The van der Waals surface area contributed by atoms with Gasteiger partial charge in [-0.05, 0) is 37.1 Å². The highest BCUT2D eigenvalue weighted by Gasteiger charge is 2.23. The van der Waals surface area contributed by atoms with Crippen LogP contribution in [0.15, 0.2) is 28.7 Å². The number of likely N-dealkylation sites (tertiary alicyclic amines) is 1. The largest absolute Gasteiger partial charge is 0.496 e. The molecule has 6 nitrogen and oxygen atoms in total. The molecule has 0 spiro atoms. The van der Waals surface area contributed by atoms with E-state index in [2.05, 4.69) is 20.8 Å². The Morgan fingerprint density at radius 1 is 1.00 bits per heavy atom. The van der Waals surface area contributed by atoms with Crippen molar-refractivity contribution in [1.29, 1.82) is 0 Å². The van der Waals surface area contributed by atoms with Gasteiger partial charge in [-0.3, -0.25) is 14.5 Å². The van der Waals surface area contributed by atoms with E-state index < -0.39 is 0 Å². The van der Waals surface area contributed by atoms with Crippen molar-refractivity contribution in [3.63, 3.8) is 0 Å². The van der Waals surface area contributed by atoms with Gasteiger partial charge in [0, 0.05) is 55.4 Å². The van der Waals surface area contributed by atoms with Crippen molar-refractivity contribution < 1.29 is 14.3 Å². The second kappa shape index (κ2) is 10.8. The van der Waals surface area contributed by atoms with Crippen molar-refractivity contribution in [2.45, 2.75) is 25.7 Å². The van der Waals surface area contributed by atoms with Crippen LogP contribution in [-0.2, 0) is 9.59 Å². The average Bonchev–Trinajstić information content (AvgIpc) is 3.02. The van der Waals surface area contributed by atoms with Crippen LogP contribution in [0.1, 0.15) is 31.2 Å². The molecular weight excluding hydrogens is 434 g/mol. The van der Waals surface area contributed by atoms with Crippen LogP contribution < -0.4 is 4.74 Å². The van der Waals surface area contributed by atoms with E-state index in [9.17, 15) is 9.59 Å². The number of carbonyl (C=O) groups excluding carboxylic acids is 2. The summed E-state index contributed by atoms with van der Waals surface area (Å²) >= 11 is 3.45. The molecule has 1 aromatic rings. The molecule has 2 fully saturated rings. The van der Waals surface area contributed by atoms with Crippen molar-refractivity contribution >= 4 is 33.8 Å². The zero-order valence-corrected chi connectivity index (χ0v) is 18.7. The van der Waals surface area contributed by atoms with Gasteiger partial charge in [-0.2, -0.15) is 0 Å². The van der Waals surface area contributed by atoms with Gasteiger partial charge in [-0.1, -0.05) is 28.8 Å². The van der Waals surface area contributed by atoms with E-state index in [1.807, 2.05) is 28.0 Å². The molecule has 2 aliphatic heterocycles. The Balaban J connectivity index is 1.48. The van der Waals surface area contributed by atoms with Gasteiger partial charge in [-0.25, -0.2) is 0 Å². The Morgan fingerprint density at radius 2 is 1.69 bits per heavy atom. The van der Waals surface area contributed by atoms with Crippen molar-refractivity contribution in [3.8, 4) is 5.75 Å². The van der Waals surface area contributed by atoms with Crippen LogP contribution in [-0.4, -0.2) is 79.4 Å². The number of rotatable bonds is 5. The van der Waals surface area contributed by atoms with E-state index in [4.69, 9.17) is 4.74 Å². The number of nitrogens with zero attached hydrogens (tertiary/aromatic N) is 3. The van der Waals surface area contributed by atoms with Gasteiger partial charge in [0.15, 0.2) is 0 Å². The summed E-state index contributed by atoms with van der Waals surface area (Å²) in [6.07, 6.45) is 8.07. The lowest BCUT2D eigenvalue weighted by atomic mass is 10.2. The molecule has 0 aliphatic carbocycles. The molecule has 0 N–H and O–H groups in total. The number of benzene rings is 1. The fourth-order valence-corrected chi connectivity index (χ4v) is 4.22. The van der Waals surface area contributed by atoms with Crippen LogP contribution in [0.3, 0.4) is 0 Å². The molecular formula is C22H30BrN3O3. The van der Waals surface area contributed by atoms with E-state index in [0.717, 1.165) is 54.8 Å². The normalized spacial score (nSPS) is 18.7. The van der Waals surface area contributed by atoms with Crippen molar-refractivity contribution in [2.75, 3.05) is 52.9 Å². The van der Waals surface area contributed by atoms with Crippen molar-refractivity contribution in [2.24, 2.45) is 0 Å². The van der Waals surface area contributed by atoms with Gasteiger partial charge in [-0.15, -0.1) is 0 Å². The molecule has 29 heavy (non-hydrogen) atoms. The summed E-state index contributed by atoms with van der Waals surface area (Å²) in [4.78, 5) is 31.1. The summed E-state index contributed by atoms with van der Waals surface area (Å²) in [5, 5.41) is 0. The maximum atomic E-state index is 12.6. The SMILES string of the molecule is COc1ccc(Br)cc1/C=C/C(=O)N1CCN(CC(=O)N2CCCCCC2)CC1. The summed E-state index contributed by atoms with van der Waals surface area (Å²) in [7, 11) is 1.62. The highest BCUT2D eigenvalue weighted by molar-refractivity contribution is 9.10. The predicted molar refractivity (Wildman–Crippen MR) is 118 cm³/mol. The lowest BCUT2D eigenvalue weighted by Gasteiger charge is -2.35. The lowest BCUT2D eigenvalue weighted by molar-refractivity contribution is -0.133. The third-order valence-electron chi connectivity index (χ3n) is 5.60. The number of carbonyl (C=O) groups is 2. The maximum Gasteiger partial charge on any atom is 0.246 e. The van der Waals surface area contributed by atoms with Gasteiger partial charge in [0.1, 0.15) is 5.75 Å². The Kier molecular flexibility index (Phi) is 8.12. The van der Waals surface area contributed by atoms with E-state index in [-0.39, 0.29) is 11.8 Å². The van der Waals surface area contributed by atoms with Crippen LogP contribution in [0.4, 0.5) is 0 Å². The standard InChI is InChI=1S/C22H30BrN3O3/c1-29-20-8-7-19(23)16-18(20)6-9-21(27)26-14-12-24(13-15-26)17-22(28)25-10-4-2-3-5-11-25/h6-9,16H,2-5,10-15,17H2,1H3/b9-6+. The summed E-state index contributed by atoms with van der Waals surface area (Å²) in [6.45, 7) is 5.01. The lowest BCUT2D eigenvalue weighted by Crippen LogP contribution is -2.51. The number of hydrogen-bond donors (Lipinski definition) is 0. The predicted octanol–water partition coefficient (Wildman–Crippen LogP) is 3.02. The molecule has 2 aliphatic rings. The third-order valence-corrected chi connectivity index (χ3v) is 6.09. The van der Waals surface area contributed by atoms with Gasteiger partial charge in [0.05, 0.1) is 13.7 Å². The molecule has 0 atom stereocenters. The second-order valence-electron chi connectivity index (χ2n) is 7.62. The smallest absolute Gasteiger partial charge is 0.246 e. The van der Waals surface area contributed by atoms with Crippen molar-refractivity contribution in [1.82, 2.24) is 14.7 Å². The Labute approximate surface area is 181 Å². The molecule has 3 rings (SSSR count). The summed E-state index contributed by atoms with van der Waals surface area (Å²) in [5.41, 5.74) is 0.858. The Hall–Kier alpha value is -1.86. The summed E-state index contributed by atoms with van der Waals surface area (Å²) in [5.74, 6) is 0.952. The van der Waals surface area contributed by atoms with Crippen LogP contribution in [0.2, 0.25) is 0 Å². The minimum Gasteiger partial charge on any atom is -0.496 e. The van der Waals surface area contributed by atoms with E-state index in [1.54, 1.807) is 19.3 Å². The van der Waals surface area contributed by atoms with E-state index in [0.29, 0.717) is 19.6 Å². The van der Waals surface area contributed by atoms with E-state index in [1.165, 1.54) is 12.8 Å². The number of ether oxygens (including phenoxy) is 1. The second-order valence-corrected chi connectivity index (χ2v) is 8.53. The highest BCUT2D eigenvalue weighted by Crippen LogP contribution is 2.24. The van der Waals surface area contributed by atoms with Crippen LogP contribution in [0.5, 0.6) is 5.75 Å². The quantitative estimate of drug-likeness (QED) is 0.629. The average molecular weight is 464 g/mol. The molecule has 2 saturated heterocycles. The third kappa shape index (κ3) is 6.31. The monoisotopic (exact) mass is 463 g/mol. The number of methoxy groups -OCH3 is 1. The molecule has 0 radical (unpaired) electrons. The Bertz CT molecular complexity index is 737. The van der Waals surface area contributed by atoms with Gasteiger partial charge in [0.25, 0.3) is 0 Å². The fraction of sp³-hybridized carbons (Fsp3) is 0.545.